The number of hydrogen-bond donors (Lipinski definition) is 0. The first-order chi connectivity index (χ1) is 12.0. The number of halogens is 1. The molecule has 25 heavy (non-hydrogen) atoms. The van der Waals surface area contributed by atoms with E-state index in [4.69, 9.17) is 16.3 Å². The van der Waals surface area contributed by atoms with Crippen LogP contribution in [0.15, 0.2) is 42.5 Å². The molecule has 0 aliphatic rings. The maximum atomic E-state index is 6.35. The second kappa shape index (κ2) is 7.59. The van der Waals surface area contributed by atoms with Crippen molar-refractivity contribution in [1.82, 2.24) is 9.88 Å². The third kappa shape index (κ3) is 3.73. The van der Waals surface area contributed by atoms with Gasteiger partial charge in [-0.25, -0.2) is 4.98 Å². The summed E-state index contributed by atoms with van der Waals surface area (Å²) in [4.78, 5) is 6.97. The van der Waals surface area contributed by atoms with Crippen LogP contribution in [0.5, 0.6) is 5.75 Å². The zero-order chi connectivity index (χ0) is 18.0. The van der Waals surface area contributed by atoms with Crippen molar-refractivity contribution in [2.75, 3.05) is 13.2 Å². The molecule has 3 nitrogen and oxygen atoms in total. The van der Waals surface area contributed by atoms with Crippen molar-refractivity contribution in [2.24, 2.45) is 0 Å². The summed E-state index contributed by atoms with van der Waals surface area (Å²) in [5.41, 5.74) is 0.866. The van der Waals surface area contributed by atoms with Crippen LogP contribution in [-0.2, 0) is 0 Å². The molecule has 1 heterocycles. The Morgan fingerprint density at radius 2 is 1.64 bits per heavy atom. The number of nitrogens with zero attached hydrogens (tertiary/aromatic N) is 2. The number of pyridine rings is 1. The van der Waals surface area contributed by atoms with Gasteiger partial charge in [-0.05, 0) is 45.2 Å². The van der Waals surface area contributed by atoms with Crippen LogP contribution in [0.25, 0.3) is 21.7 Å². The number of hydrogen-bond acceptors (Lipinski definition) is 3. The fourth-order valence-corrected chi connectivity index (χ4v) is 3.68. The minimum Gasteiger partial charge on any atom is -0.492 e. The van der Waals surface area contributed by atoms with E-state index in [9.17, 15) is 0 Å². The van der Waals surface area contributed by atoms with E-state index in [1.807, 2.05) is 36.4 Å². The van der Waals surface area contributed by atoms with Crippen molar-refractivity contribution in [1.29, 1.82) is 0 Å². The molecule has 0 saturated heterocycles. The van der Waals surface area contributed by atoms with Gasteiger partial charge in [0.2, 0.25) is 0 Å². The highest BCUT2D eigenvalue weighted by Gasteiger charge is 2.14. The molecule has 0 aliphatic carbocycles. The number of benzene rings is 2. The van der Waals surface area contributed by atoms with E-state index in [-0.39, 0.29) is 0 Å². The van der Waals surface area contributed by atoms with Crippen molar-refractivity contribution < 1.29 is 4.74 Å². The van der Waals surface area contributed by atoms with E-state index in [0.29, 0.717) is 23.8 Å². The Labute approximate surface area is 154 Å². The molecule has 0 spiro atoms. The van der Waals surface area contributed by atoms with E-state index in [0.717, 1.165) is 34.0 Å². The molecule has 0 bridgehead atoms. The minimum atomic E-state index is 0.498. The van der Waals surface area contributed by atoms with Crippen LogP contribution in [0.2, 0.25) is 5.15 Å². The summed E-state index contributed by atoms with van der Waals surface area (Å²) in [5, 5.41) is 3.60. The first-order valence-electron chi connectivity index (χ1n) is 8.84. The summed E-state index contributed by atoms with van der Waals surface area (Å²) < 4.78 is 6.17. The lowest BCUT2D eigenvalue weighted by molar-refractivity contribution is 0.142. The highest BCUT2D eigenvalue weighted by Crippen LogP contribution is 2.34. The topological polar surface area (TPSA) is 25.4 Å². The van der Waals surface area contributed by atoms with Crippen molar-refractivity contribution >= 4 is 33.3 Å². The van der Waals surface area contributed by atoms with Crippen LogP contribution >= 0.6 is 11.6 Å². The zero-order valence-electron chi connectivity index (χ0n) is 15.3. The monoisotopic (exact) mass is 356 g/mol. The van der Waals surface area contributed by atoms with Crippen molar-refractivity contribution in [2.45, 2.75) is 39.8 Å². The standard InChI is InChI=1S/C21H25ClN2O/c1-14(2)24(15(3)4)12-13-25-19-11-7-10-18-20(19)16-8-5-6-9-17(16)21(22)23-18/h5-11,14-15H,12-13H2,1-4H3. The Kier molecular flexibility index (Phi) is 5.45. The summed E-state index contributed by atoms with van der Waals surface area (Å²) >= 11 is 6.35. The van der Waals surface area contributed by atoms with Gasteiger partial charge in [0.25, 0.3) is 0 Å². The van der Waals surface area contributed by atoms with Gasteiger partial charge in [0, 0.05) is 24.0 Å². The SMILES string of the molecule is CC(C)N(CCOc1cccc2nc(Cl)c3ccccc3c12)C(C)C. The van der Waals surface area contributed by atoms with Gasteiger partial charge in [-0.15, -0.1) is 0 Å². The summed E-state index contributed by atoms with van der Waals surface area (Å²) in [6, 6.07) is 15.0. The highest BCUT2D eigenvalue weighted by molar-refractivity contribution is 6.36. The maximum Gasteiger partial charge on any atom is 0.137 e. The molecular formula is C21H25ClN2O. The lowest BCUT2D eigenvalue weighted by Gasteiger charge is -2.30. The molecular weight excluding hydrogens is 332 g/mol. The van der Waals surface area contributed by atoms with Gasteiger partial charge in [0.05, 0.1) is 10.9 Å². The fourth-order valence-electron chi connectivity index (χ4n) is 3.42. The van der Waals surface area contributed by atoms with Gasteiger partial charge >= 0.3 is 0 Å². The molecule has 0 radical (unpaired) electrons. The van der Waals surface area contributed by atoms with Crippen molar-refractivity contribution in [3.8, 4) is 5.75 Å². The van der Waals surface area contributed by atoms with E-state index in [1.165, 1.54) is 0 Å². The Balaban J connectivity index is 1.93. The quantitative estimate of drug-likeness (QED) is 0.428. The first kappa shape index (κ1) is 18.0. The predicted octanol–water partition coefficient (Wildman–Crippen LogP) is 5.54. The molecule has 0 unspecified atom stereocenters. The Morgan fingerprint density at radius 3 is 2.32 bits per heavy atom. The smallest absolute Gasteiger partial charge is 0.137 e. The van der Waals surface area contributed by atoms with E-state index < -0.39 is 0 Å². The van der Waals surface area contributed by atoms with Crippen LogP contribution in [0.3, 0.4) is 0 Å². The molecule has 0 N–H and O–H groups in total. The molecule has 3 aromatic rings. The maximum absolute atomic E-state index is 6.35. The largest absolute Gasteiger partial charge is 0.492 e. The Morgan fingerprint density at radius 1 is 0.960 bits per heavy atom. The fraction of sp³-hybridized carbons (Fsp3) is 0.381. The summed E-state index contributed by atoms with van der Waals surface area (Å²) in [6.45, 7) is 10.4. The van der Waals surface area contributed by atoms with Gasteiger partial charge in [-0.2, -0.15) is 0 Å². The number of rotatable bonds is 6. The van der Waals surface area contributed by atoms with Gasteiger partial charge in [0.1, 0.15) is 17.5 Å². The molecule has 0 atom stereocenters. The van der Waals surface area contributed by atoms with Crippen LogP contribution in [0, 0.1) is 0 Å². The molecule has 0 aliphatic heterocycles. The van der Waals surface area contributed by atoms with Gasteiger partial charge in [-0.1, -0.05) is 41.9 Å². The molecule has 0 amide bonds. The first-order valence-corrected chi connectivity index (χ1v) is 9.22. The molecule has 0 fully saturated rings. The number of ether oxygens (including phenoxy) is 1. The van der Waals surface area contributed by atoms with Crippen LogP contribution < -0.4 is 4.74 Å². The third-order valence-corrected chi connectivity index (χ3v) is 4.86. The number of aromatic nitrogens is 1. The van der Waals surface area contributed by atoms with Gasteiger partial charge in [-0.3, -0.25) is 4.90 Å². The van der Waals surface area contributed by atoms with Crippen LogP contribution in [0.1, 0.15) is 27.7 Å². The molecule has 3 rings (SSSR count). The average Bonchev–Trinajstić information content (AvgIpc) is 2.58. The molecule has 4 heteroatoms. The summed E-state index contributed by atoms with van der Waals surface area (Å²) in [5.74, 6) is 0.866. The van der Waals surface area contributed by atoms with E-state index >= 15 is 0 Å². The van der Waals surface area contributed by atoms with Crippen molar-refractivity contribution in [3.05, 3.63) is 47.6 Å². The van der Waals surface area contributed by atoms with Gasteiger partial charge < -0.3 is 4.74 Å². The normalized spacial score (nSPS) is 12.0. The average molecular weight is 357 g/mol. The lowest BCUT2D eigenvalue weighted by Crippen LogP contribution is -2.39. The molecule has 0 saturated carbocycles. The second-order valence-corrected chi connectivity index (χ2v) is 7.23. The predicted molar refractivity (Wildman–Crippen MR) is 107 cm³/mol. The number of fused-ring (bicyclic) bond motifs is 3. The zero-order valence-corrected chi connectivity index (χ0v) is 16.0. The molecule has 1 aromatic heterocycles. The van der Waals surface area contributed by atoms with Crippen LogP contribution in [0.4, 0.5) is 0 Å². The van der Waals surface area contributed by atoms with Crippen molar-refractivity contribution in [3.63, 3.8) is 0 Å². The van der Waals surface area contributed by atoms with E-state index in [2.05, 4.69) is 43.6 Å². The molecule has 132 valence electrons. The molecule has 2 aromatic carbocycles. The summed E-state index contributed by atoms with van der Waals surface area (Å²) in [6.07, 6.45) is 0. The Bertz CT molecular complexity index is 868. The highest BCUT2D eigenvalue weighted by atomic mass is 35.5. The third-order valence-electron chi connectivity index (χ3n) is 4.58. The van der Waals surface area contributed by atoms with Gasteiger partial charge in [0.15, 0.2) is 0 Å². The van der Waals surface area contributed by atoms with E-state index in [1.54, 1.807) is 0 Å². The van der Waals surface area contributed by atoms with Crippen LogP contribution in [-0.4, -0.2) is 35.1 Å². The lowest BCUT2D eigenvalue weighted by atomic mass is 10.1. The second-order valence-electron chi connectivity index (χ2n) is 6.87. The minimum absolute atomic E-state index is 0.498. The Hall–Kier alpha value is -1.84. The summed E-state index contributed by atoms with van der Waals surface area (Å²) in [7, 11) is 0.